The Bertz CT molecular complexity index is 487. The molecule has 0 radical (unpaired) electrons. The van der Waals surface area contributed by atoms with Gasteiger partial charge in [0, 0.05) is 18.1 Å². The van der Waals surface area contributed by atoms with Crippen molar-refractivity contribution >= 4 is 41.5 Å². The molecule has 1 fully saturated rings. The summed E-state index contributed by atoms with van der Waals surface area (Å²) in [6.45, 7) is 6.92. The minimum absolute atomic E-state index is 0. The third kappa shape index (κ3) is 7.27. The highest BCUT2D eigenvalue weighted by atomic mass is 127. The van der Waals surface area contributed by atoms with Gasteiger partial charge in [0.1, 0.15) is 0 Å². The van der Waals surface area contributed by atoms with Gasteiger partial charge in [0.05, 0.1) is 6.54 Å². The van der Waals surface area contributed by atoms with Crippen molar-refractivity contribution in [3.63, 3.8) is 0 Å². The predicted molar refractivity (Wildman–Crippen MR) is 110 cm³/mol. The average molecular weight is 451 g/mol. The van der Waals surface area contributed by atoms with Crippen molar-refractivity contribution in [2.24, 2.45) is 10.9 Å². The first-order valence-corrected chi connectivity index (χ1v) is 8.51. The molecule has 0 aliphatic carbocycles. The second kappa shape index (κ2) is 11.1. The highest BCUT2D eigenvalue weighted by Gasteiger charge is 2.16. The zero-order valence-corrected chi connectivity index (χ0v) is 17.1. The molecule has 4 nitrogen and oxygen atoms in total. The molecule has 1 aliphatic heterocycles. The maximum Gasteiger partial charge on any atom is 0.191 e. The Labute approximate surface area is 162 Å². The SMILES string of the molecule is CCNC(=NCc1ccccc1Cl)NCC1CCN(C)CC1.I. The van der Waals surface area contributed by atoms with Gasteiger partial charge < -0.3 is 15.5 Å². The summed E-state index contributed by atoms with van der Waals surface area (Å²) in [6.07, 6.45) is 2.51. The summed E-state index contributed by atoms with van der Waals surface area (Å²) >= 11 is 6.18. The van der Waals surface area contributed by atoms with Crippen molar-refractivity contribution < 1.29 is 0 Å². The Hall–Kier alpha value is -0.530. The number of hydrogen-bond donors (Lipinski definition) is 2. The van der Waals surface area contributed by atoms with Crippen molar-refractivity contribution in [2.45, 2.75) is 26.3 Å². The first-order chi connectivity index (χ1) is 10.7. The minimum atomic E-state index is 0. The lowest BCUT2D eigenvalue weighted by molar-refractivity contribution is 0.220. The molecule has 0 amide bonds. The van der Waals surface area contributed by atoms with Crippen molar-refractivity contribution in [1.29, 1.82) is 0 Å². The third-order valence-electron chi connectivity index (χ3n) is 4.11. The molecular formula is C17H28ClIN4. The van der Waals surface area contributed by atoms with E-state index < -0.39 is 0 Å². The highest BCUT2D eigenvalue weighted by Crippen LogP contribution is 2.16. The van der Waals surface area contributed by atoms with Crippen molar-refractivity contribution in [3.8, 4) is 0 Å². The summed E-state index contributed by atoms with van der Waals surface area (Å²) in [5, 5.41) is 7.55. The smallest absolute Gasteiger partial charge is 0.191 e. The van der Waals surface area contributed by atoms with E-state index in [-0.39, 0.29) is 24.0 Å². The van der Waals surface area contributed by atoms with E-state index >= 15 is 0 Å². The number of rotatable bonds is 5. The van der Waals surface area contributed by atoms with Gasteiger partial charge in [-0.1, -0.05) is 29.8 Å². The lowest BCUT2D eigenvalue weighted by Crippen LogP contribution is -2.42. The topological polar surface area (TPSA) is 39.7 Å². The zero-order chi connectivity index (χ0) is 15.8. The van der Waals surface area contributed by atoms with Crippen LogP contribution in [0.4, 0.5) is 0 Å². The number of aliphatic imine (C=N–C) groups is 1. The van der Waals surface area contributed by atoms with Crippen LogP contribution in [0.25, 0.3) is 0 Å². The van der Waals surface area contributed by atoms with E-state index in [1.807, 2.05) is 24.3 Å². The van der Waals surface area contributed by atoms with E-state index in [2.05, 4.69) is 34.5 Å². The molecule has 23 heavy (non-hydrogen) atoms. The van der Waals surface area contributed by atoms with Crippen LogP contribution in [0, 0.1) is 5.92 Å². The van der Waals surface area contributed by atoms with Crippen LogP contribution in [0.15, 0.2) is 29.3 Å². The standard InChI is InChI=1S/C17H27ClN4.HI/c1-3-19-17(20-12-14-8-10-22(2)11-9-14)21-13-15-6-4-5-7-16(15)18;/h4-7,14H,3,8-13H2,1-2H3,(H2,19,20,21);1H. The van der Waals surface area contributed by atoms with Gasteiger partial charge in [-0.3, -0.25) is 0 Å². The Kier molecular flexibility index (Phi) is 9.90. The average Bonchev–Trinajstić information content (AvgIpc) is 2.53. The quantitative estimate of drug-likeness (QED) is 0.410. The summed E-state index contributed by atoms with van der Waals surface area (Å²) < 4.78 is 0. The van der Waals surface area contributed by atoms with Gasteiger partial charge in [0.25, 0.3) is 0 Å². The predicted octanol–water partition coefficient (Wildman–Crippen LogP) is 3.35. The molecule has 0 spiro atoms. The summed E-state index contributed by atoms with van der Waals surface area (Å²) in [4.78, 5) is 7.04. The minimum Gasteiger partial charge on any atom is -0.357 e. The molecule has 1 aromatic carbocycles. The van der Waals surface area contributed by atoms with Gasteiger partial charge in [-0.2, -0.15) is 0 Å². The van der Waals surface area contributed by atoms with Crippen molar-refractivity contribution in [1.82, 2.24) is 15.5 Å². The molecule has 0 aromatic heterocycles. The number of nitrogens with zero attached hydrogens (tertiary/aromatic N) is 2. The highest BCUT2D eigenvalue weighted by molar-refractivity contribution is 14.0. The Balaban J connectivity index is 0.00000264. The molecular weight excluding hydrogens is 423 g/mol. The van der Waals surface area contributed by atoms with Crippen LogP contribution in [0.2, 0.25) is 5.02 Å². The van der Waals surface area contributed by atoms with E-state index in [1.165, 1.54) is 25.9 Å². The summed E-state index contributed by atoms with van der Waals surface area (Å²) in [7, 11) is 2.19. The van der Waals surface area contributed by atoms with Gasteiger partial charge >= 0.3 is 0 Å². The second-order valence-electron chi connectivity index (χ2n) is 5.91. The molecule has 1 heterocycles. The van der Waals surface area contributed by atoms with E-state index in [4.69, 9.17) is 11.6 Å². The van der Waals surface area contributed by atoms with Crippen LogP contribution in [-0.2, 0) is 6.54 Å². The van der Waals surface area contributed by atoms with E-state index in [0.717, 1.165) is 35.6 Å². The van der Waals surface area contributed by atoms with E-state index in [1.54, 1.807) is 0 Å². The Morgan fingerprint density at radius 1 is 1.26 bits per heavy atom. The van der Waals surface area contributed by atoms with E-state index in [0.29, 0.717) is 6.54 Å². The van der Waals surface area contributed by atoms with Crippen LogP contribution in [0.5, 0.6) is 0 Å². The van der Waals surface area contributed by atoms with Gasteiger partial charge in [-0.25, -0.2) is 4.99 Å². The molecule has 1 aromatic rings. The van der Waals surface area contributed by atoms with Crippen LogP contribution in [0.1, 0.15) is 25.3 Å². The number of hydrogen-bond acceptors (Lipinski definition) is 2. The first-order valence-electron chi connectivity index (χ1n) is 8.13. The lowest BCUT2D eigenvalue weighted by Gasteiger charge is -2.29. The maximum atomic E-state index is 6.18. The fourth-order valence-corrected chi connectivity index (χ4v) is 2.84. The molecule has 2 N–H and O–H groups in total. The molecule has 0 bridgehead atoms. The van der Waals surface area contributed by atoms with Gasteiger partial charge in [-0.15, -0.1) is 24.0 Å². The molecule has 2 rings (SSSR count). The van der Waals surface area contributed by atoms with Crippen molar-refractivity contribution in [2.75, 3.05) is 33.2 Å². The van der Waals surface area contributed by atoms with E-state index in [9.17, 15) is 0 Å². The van der Waals surface area contributed by atoms with Crippen LogP contribution < -0.4 is 10.6 Å². The third-order valence-corrected chi connectivity index (χ3v) is 4.47. The largest absolute Gasteiger partial charge is 0.357 e. The zero-order valence-electron chi connectivity index (χ0n) is 14.0. The number of benzene rings is 1. The summed E-state index contributed by atoms with van der Waals surface area (Å²) in [5.41, 5.74) is 1.06. The van der Waals surface area contributed by atoms with Crippen LogP contribution in [-0.4, -0.2) is 44.1 Å². The monoisotopic (exact) mass is 450 g/mol. The number of halogens is 2. The fraction of sp³-hybridized carbons (Fsp3) is 0.588. The Morgan fingerprint density at radius 2 is 1.96 bits per heavy atom. The molecule has 1 saturated heterocycles. The van der Waals surface area contributed by atoms with Gasteiger partial charge in [0.15, 0.2) is 5.96 Å². The molecule has 6 heteroatoms. The number of nitrogens with one attached hydrogen (secondary N) is 2. The normalized spacial score (nSPS) is 16.7. The van der Waals surface area contributed by atoms with Crippen LogP contribution >= 0.6 is 35.6 Å². The molecule has 0 saturated carbocycles. The number of piperidine rings is 1. The van der Waals surface area contributed by atoms with Gasteiger partial charge in [-0.05, 0) is 57.5 Å². The molecule has 0 unspecified atom stereocenters. The Morgan fingerprint density at radius 3 is 2.61 bits per heavy atom. The lowest BCUT2D eigenvalue weighted by atomic mass is 9.97. The van der Waals surface area contributed by atoms with Crippen molar-refractivity contribution in [3.05, 3.63) is 34.9 Å². The molecule has 1 aliphatic rings. The first kappa shape index (κ1) is 20.5. The molecule has 0 atom stereocenters. The number of likely N-dealkylation sites (tertiary alicyclic amines) is 1. The molecule has 130 valence electrons. The van der Waals surface area contributed by atoms with Gasteiger partial charge in [0.2, 0.25) is 0 Å². The second-order valence-corrected chi connectivity index (χ2v) is 6.32. The summed E-state index contributed by atoms with van der Waals surface area (Å²) in [5.74, 6) is 1.61. The fourth-order valence-electron chi connectivity index (χ4n) is 2.64. The summed E-state index contributed by atoms with van der Waals surface area (Å²) in [6, 6.07) is 7.87. The maximum absolute atomic E-state index is 6.18. The number of guanidine groups is 1. The van der Waals surface area contributed by atoms with Crippen LogP contribution in [0.3, 0.4) is 0 Å².